The molecule has 11 heteroatoms. The Labute approximate surface area is 154 Å². The van der Waals surface area contributed by atoms with Crippen molar-refractivity contribution in [3.8, 4) is 0 Å². The van der Waals surface area contributed by atoms with E-state index in [-0.39, 0.29) is 31.3 Å². The van der Waals surface area contributed by atoms with Crippen LogP contribution in [0, 0.1) is 5.82 Å². The van der Waals surface area contributed by atoms with Crippen molar-refractivity contribution in [2.24, 2.45) is 5.73 Å². The van der Waals surface area contributed by atoms with E-state index < -0.39 is 29.7 Å². The van der Waals surface area contributed by atoms with E-state index in [1.807, 2.05) is 0 Å². The molecule has 1 saturated heterocycles. The Bertz CT molecular complexity index is 757. The van der Waals surface area contributed by atoms with E-state index in [9.17, 15) is 23.6 Å². The third-order valence-electron chi connectivity index (χ3n) is 3.67. The molecule has 0 unspecified atom stereocenters. The number of ether oxygens (including phenoxy) is 1. The van der Waals surface area contributed by atoms with E-state index in [0.717, 1.165) is 6.07 Å². The van der Waals surface area contributed by atoms with Crippen LogP contribution in [0.2, 0.25) is 0 Å². The first kappa shape index (κ1) is 20.1. The minimum absolute atomic E-state index is 0.0914. The summed E-state index contributed by atoms with van der Waals surface area (Å²) in [4.78, 5) is 48.3. The minimum Gasteiger partial charge on any atom is -0.370 e. The predicted molar refractivity (Wildman–Crippen MR) is 93.4 cm³/mol. The van der Waals surface area contributed by atoms with Crippen LogP contribution in [0.4, 0.5) is 20.6 Å². The molecule has 5 N–H and O–H groups in total. The first-order valence-electron chi connectivity index (χ1n) is 8.15. The Morgan fingerprint density at radius 1 is 1.37 bits per heavy atom. The van der Waals surface area contributed by atoms with Crippen molar-refractivity contribution < 1.29 is 28.3 Å². The molecule has 1 heterocycles. The smallest absolute Gasteiger partial charge is 0.315 e. The first-order valence-corrected chi connectivity index (χ1v) is 8.15. The number of hydrogen-bond acceptors (Lipinski definition) is 5. The van der Waals surface area contributed by atoms with Gasteiger partial charge in [-0.15, -0.1) is 0 Å². The third-order valence-corrected chi connectivity index (χ3v) is 3.67. The number of amides is 5. The Balaban J connectivity index is 2.11. The van der Waals surface area contributed by atoms with Crippen LogP contribution in [0.15, 0.2) is 18.2 Å². The van der Waals surface area contributed by atoms with Crippen LogP contribution < -0.4 is 26.6 Å². The number of nitrogens with two attached hydrogens (primary N) is 1. The second kappa shape index (κ2) is 8.94. The van der Waals surface area contributed by atoms with Gasteiger partial charge in [0.15, 0.2) is 6.04 Å². The Hall–Kier alpha value is -3.21. The van der Waals surface area contributed by atoms with E-state index in [2.05, 4.69) is 16.0 Å². The molecule has 0 aliphatic carbocycles. The molecule has 1 aliphatic rings. The monoisotopic (exact) mass is 381 g/mol. The van der Waals surface area contributed by atoms with E-state index in [1.54, 1.807) is 6.92 Å². The molecule has 1 atom stereocenters. The maximum atomic E-state index is 14.3. The second-order valence-corrected chi connectivity index (χ2v) is 5.59. The summed E-state index contributed by atoms with van der Waals surface area (Å²) in [6.07, 6.45) is 0. The first-order chi connectivity index (χ1) is 12.8. The molecule has 2 rings (SSSR count). The summed E-state index contributed by atoms with van der Waals surface area (Å²) in [5.41, 5.74) is 5.20. The number of rotatable bonds is 6. The molecule has 1 fully saturated rings. The van der Waals surface area contributed by atoms with Crippen molar-refractivity contribution in [1.82, 2.24) is 10.6 Å². The molecule has 10 nitrogen and oxygen atoms in total. The summed E-state index contributed by atoms with van der Waals surface area (Å²) in [5.74, 6) is -3.23. The highest BCUT2D eigenvalue weighted by molar-refractivity contribution is 6.11. The fourth-order valence-corrected chi connectivity index (χ4v) is 2.38. The Kier molecular flexibility index (Phi) is 6.66. The topological polar surface area (TPSA) is 143 Å². The zero-order valence-corrected chi connectivity index (χ0v) is 14.6. The molecule has 1 aromatic carbocycles. The molecule has 1 aromatic rings. The van der Waals surface area contributed by atoms with Crippen LogP contribution in [-0.4, -0.2) is 56.1 Å². The highest BCUT2D eigenvalue weighted by Crippen LogP contribution is 2.23. The number of anilines is 2. The summed E-state index contributed by atoms with van der Waals surface area (Å²) >= 11 is 0. The lowest BCUT2D eigenvalue weighted by atomic mass is 10.2. The normalized spacial score (nSPS) is 15.0. The molecule has 146 valence electrons. The van der Waals surface area contributed by atoms with E-state index >= 15 is 0 Å². The van der Waals surface area contributed by atoms with Gasteiger partial charge in [-0.25, -0.2) is 9.18 Å². The zero-order valence-electron chi connectivity index (χ0n) is 14.6. The molecule has 27 heavy (non-hydrogen) atoms. The lowest BCUT2D eigenvalue weighted by Gasteiger charge is -2.27. The van der Waals surface area contributed by atoms with E-state index in [4.69, 9.17) is 10.5 Å². The standard InChI is InChI=1S/C16H20FN5O5/c1-2-19-16(26)21-13(14(18)24)15(25)20-11-4-3-9(7-10(11)17)22-5-6-27-8-12(22)23/h3-4,7,13H,2,5-6,8H2,1H3,(H2,18,24)(H,20,25)(H2,19,21,26)/t13-/m0/s1. The second-order valence-electron chi connectivity index (χ2n) is 5.59. The summed E-state index contributed by atoms with van der Waals surface area (Å²) < 4.78 is 19.4. The number of morpholine rings is 1. The molecule has 0 aromatic heterocycles. The molecule has 0 radical (unpaired) electrons. The van der Waals surface area contributed by atoms with Crippen LogP contribution >= 0.6 is 0 Å². The summed E-state index contributed by atoms with van der Waals surface area (Å²) in [6, 6.07) is 1.32. The largest absolute Gasteiger partial charge is 0.370 e. The van der Waals surface area contributed by atoms with Crippen LogP contribution in [0.5, 0.6) is 0 Å². The zero-order chi connectivity index (χ0) is 20.0. The lowest BCUT2D eigenvalue weighted by molar-refractivity contribution is -0.128. The average molecular weight is 381 g/mol. The fourth-order valence-electron chi connectivity index (χ4n) is 2.38. The molecule has 0 spiro atoms. The van der Waals surface area contributed by atoms with Crippen molar-refractivity contribution in [1.29, 1.82) is 0 Å². The molecule has 0 saturated carbocycles. The molecule has 0 bridgehead atoms. The van der Waals surface area contributed by atoms with Crippen LogP contribution in [0.1, 0.15) is 6.92 Å². The number of hydrogen-bond donors (Lipinski definition) is 4. The van der Waals surface area contributed by atoms with Gasteiger partial charge in [-0.05, 0) is 25.1 Å². The van der Waals surface area contributed by atoms with Crippen LogP contribution in [-0.2, 0) is 19.1 Å². The molecular weight excluding hydrogens is 361 g/mol. The number of nitrogens with zero attached hydrogens (tertiary/aromatic N) is 1. The average Bonchev–Trinajstić information content (AvgIpc) is 2.61. The van der Waals surface area contributed by atoms with Crippen molar-refractivity contribution in [3.63, 3.8) is 0 Å². The van der Waals surface area contributed by atoms with Gasteiger partial charge in [-0.3, -0.25) is 14.4 Å². The maximum absolute atomic E-state index is 14.3. The summed E-state index contributed by atoms with van der Waals surface area (Å²) in [5, 5.41) is 6.64. The van der Waals surface area contributed by atoms with Crippen molar-refractivity contribution in [2.75, 3.05) is 36.5 Å². The highest BCUT2D eigenvalue weighted by Gasteiger charge is 2.27. The van der Waals surface area contributed by atoms with Crippen molar-refractivity contribution >= 4 is 35.1 Å². The van der Waals surface area contributed by atoms with Crippen LogP contribution in [0.3, 0.4) is 0 Å². The van der Waals surface area contributed by atoms with E-state index in [0.29, 0.717) is 12.3 Å². The number of primary amides is 1. The van der Waals surface area contributed by atoms with Gasteiger partial charge in [0.2, 0.25) is 5.91 Å². The predicted octanol–water partition coefficient (Wildman–Crippen LogP) is -0.700. The number of carbonyl (C=O) groups excluding carboxylic acids is 4. The molecule has 1 aliphatic heterocycles. The quantitative estimate of drug-likeness (QED) is 0.482. The Morgan fingerprint density at radius 3 is 2.70 bits per heavy atom. The van der Waals surface area contributed by atoms with Crippen LogP contribution in [0.25, 0.3) is 0 Å². The van der Waals surface area contributed by atoms with Crippen molar-refractivity contribution in [2.45, 2.75) is 13.0 Å². The minimum atomic E-state index is -1.68. The molecular formula is C16H20FN5O5. The van der Waals surface area contributed by atoms with Crippen molar-refractivity contribution in [3.05, 3.63) is 24.0 Å². The fraction of sp³-hybridized carbons (Fsp3) is 0.375. The lowest BCUT2D eigenvalue weighted by Crippen LogP contribution is -2.54. The van der Waals surface area contributed by atoms with Gasteiger partial charge in [-0.2, -0.15) is 0 Å². The van der Waals surface area contributed by atoms with Gasteiger partial charge >= 0.3 is 6.03 Å². The van der Waals surface area contributed by atoms with Gasteiger partial charge < -0.3 is 31.3 Å². The third kappa shape index (κ3) is 5.14. The summed E-state index contributed by atoms with van der Waals surface area (Å²) in [6.45, 7) is 2.44. The number of halogens is 1. The maximum Gasteiger partial charge on any atom is 0.315 e. The summed E-state index contributed by atoms with van der Waals surface area (Å²) in [7, 11) is 0. The number of benzene rings is 1. The van der Waals surface area contributed by atoms with Gasteiger partial charge in [-0.1, -0.05) is 0 Å². The number of carbonyl (C=O) groups is 4. The number of nitrogens with one attached hydrogen (secondary N) is 3. The highest BCUT2D eigenvalue weighted by atomic mass is 19.1. The van der Waals surface area contributed by atoms with Gasteiger partial charge in [0, 0.05) is 18.8 Å². The number of urea groups is 1. The Morgan fingerprint density at radius 2 is 2.11 bits per heavy atom. The van der Waals surface area contributed by atoms with Gasteiger partial charge in [0.1, 0.15) is 12.4 Å². The molecule has 5 amide bonds. The van der Waals surface area contributed by atoms with E-state index in [1.165, 1.54) is 17.0 Å². The van der Waals surface area contributed by atoms with Gasteiger partial charge in [0.25, 0.3) is 11.8 Å². The SMILES string of the molecule is CCNC(=O)N[C@@H](C(N)=O)C(=O)Nc1ccc(N2CCOCC2=O)cc1F. The van der Waals surface area contributed by atoms with Gasteiger partial charge in [0.05, 0.1) is 12.3 Å².